The van der Waals surface area contributed by atoms with Gasteiger partial charge in [0.15, 0.2) is 23.9 Å². The van der Waals surface area contributed by atoms with Crippen molar-refractivity contribution in [3.05, 3.63) is 141 Å². The van der Waals surface area contributed by atoms with Crippen molar-refractivity contribution in [1.29, 1.82) is 0 Å². The molecule has 11 bridgehead atoms. The molecule has 0 aliphatic carbocycles. The van der Waals surface area contributed by atoms with E-state index in [-0.39, 0.29) is 79.2 Å². The molecule has 0 radical (unpaired) electrons. The highest BCUT2D eigenvalue weighted by molar-refractivity contribution is 6.32. The molecule has 10 amide bonds. The third-order valence-corrected chi connectivity index (χ3v) is 22.5. The number of piperidine rings is 1. The van der Waals surface area contributed by atoms with E-state index >= 15 is 19.2 Å². The number of urea groups is 1. The number of nitrogens with one attached hydrogen (secondary N) is 10. The molecule has 0 aromatic heterocycles. The van der Waals surface area contributed by atoms with Crippen LogP contribution in [0.3, 0.4) is 0 Å². The van der Waals surface area contributed by atoms with E-state index in [1.807, 2.05) is 0 Å². The molecule has 18 atom stereocenters. The Balaban J connectivity index is 0.954. The average Bonchev–Trinajstić information content (AvgIpc) is 0.764. The molecule has 3 fully saturated rings. The molecule has 674 valence electrons. The maximum absolute atomic E-state index is 16.3. The molecule has 44 heteroatoms. The van der Waals surface area contributed by atoms with Crippen LogP contribution in [0.2, 0.25) is 10.0 Å². The summed E-state index contributed by atoms with van der Waals surface area (Å²) in [7, 11) is 1.46. The van der Waals surface area contributed by atoms with Crippen LogP contribution in [0.15, 0.2) is 103 Å². The van der Waals surface area contributed by atoms with Crippen molar-refractivity contribution in [3.8, 4) is 62.9 Å². The topological polar surface area (TPSA) is 579 Å². The van der Waals surface area contributed by atoms with Crippen molar-refractivity contribution in [2.45, 2.75) is 182 Å². The van der Waals surface area contributed by atoms with Gasteiger partial charge in [0.25, 0.3) is 5.91 Å². The highest BCUT2D eigenvalue weighted by Gasteiger charge is 2.53. The van der Waals surface area contributed by atoms with E-state index in [0.717, 1.165) is 78.9 Å². The number of nitrogens with two attached hydrogens (primary N) is 1. The number of nitrogens with zero attached hydrogens (tertiary/aromatic N) is 1. The number of likely N-dealkylation sites (N-methyl/N-ethyl adjacent to an activating group) is 1. The van der Waals surface area contributed by atoms with Gasteiger partial charge in [-0.2, -0.15) is 0 Å². The van der Waals surface area contributed by atoms with Gasteiger partial charge in [0.05, 0.1) is 54.0 Å². The van der Waals surface area contributed by atoms with Crippen LogP contribution in [-0.2, 0) is 57.3 Å². The Bertz CT molecular complexity index is 5040. The second-order valence-electron chi connectivity index (χ2n) is 31.3. The molecule has 0 spiro atoms. The monoisotopic (exact) mass is 1790 g/mol. The fourth-order valence-corrected chi connectivity index (χ4v) is 15.9. The molecular weight excluding hydrogens is 1700 g/mol. The molecule has 14 rings (SSSR count). The van der Waals surface area contributed by atoms with Gasteiger partial charge in [0.1, 0.15) is 101 Å². The van der Waals surface area contributed by atoms with E-state index in [0.29, 0.717) is 12.8 Å². The Hall–Kier alpha value is -11.2. The molecule has 6 aromatic carbocycles. The van der Waals surface area contributed by atoms with Crippen molar-refractivity contribution < 1.29 is 145 Å². The highest BCUT2D eigenvalue weighted by Crippen LogP contribution is 2.50. The van der Waals surface area contributed by atoms with Gasteiger partial charge >= 0.3 is 12.4 Å². The van der Waals surface area contributed by atoms with Crippen molar-refractivity contribution in [2.24, 2.45) is 11.7 Å². The Labute approximate surface area is 719 Å². The number of alkyl halides is 3. The van der Waals surface area contributed by atoms with Crippen LogP contribution in [0.1, 0.15) is 118 Å². The number of aliphatic hydroxyl groups excluding tert-OH is 6. The van der Waals surface area contributed by atoms with Gasteiger partial charge in [-0.3, -0.25) is 43.6 Å². The number of ether oxygens (including phenoxy) is 8. The van der Waals surface area contributed by atoms with Crippen LogP contribution >= 0.6 is 23.2 Å². The Morgan fingerprint density at radius 2 is 1.34 bits per heavy atom. The number of hydrogen-bond acceptors (Lipinski definition) is 29. The van der Waals surface area contributed by atoms with Crippen LogP contribution < -0.4 is 78.0 Å². The normalized spacial score (nSPS) is 27.0. The van der Waals surface area contributed by atoms with Crippen LogP contribution in [0.25, 0.3) is 11.1 Å². The number of fused-ring (bicyclic) bond motifs is 15. The molecule has 0 saturated carbocycles. The van der Waals surface area contributed by atoms with Crippen molar-refractivity contribution in [1.82, 2.24) is 52.9 Å². The highest BCUT2D eigenvalue weighted by atomic mass is 35.5. The molecule has 8 aliphatic rings. The number of likely N-dealkylation sites (tertiary alicyclic amines) is 1. The SMILES string of the molecule is CNC(CC(C)C)C(=O)NC1C(=O)NC(CC(N)=O)C(=O)NC2C(=O)NC3C(=O)NC(C(=O)N[C@@H](C(=O)NO)c4cc(O)cc(O)c4-c4cc3ccc4O)C(O)c3ccc(c(Cl)c3)Oc3cc2cc(c3OC2OC(CO)C(O)C(O)C2OC2C[C@@](C)(NCCOC3CCN(C(=O)Nc4ccc(OC(F)(F)F)cc4)CC3)C(O)C(C)O2)Oc2ccc(cc2Cl)C1O. The van der Waals surface area contributed by atoms with Gasteiger partial charge in [0, 0.05) is 54.5 Å². The van der Waals surface area contributed by atoms with E-state index in [1.54, 1.807) is 20.8 Å². The zero-order valence-electron chi connectivity index (χ0n) is 67.2. The number of anilines is 1. The number of amides is 10. The lowest BCUT2D eigenvalue weighted by atomic mass is 9.85. The number of phenols is 3. The van der Waals surface area contributed by atoms with E-state index in [9.17, 15) is 88.3 Å². The minimum Gasteiger partial charge on any atom is -0.508 e. The first-order valence-electron chi connectivity index (χ1n) is 39.4. The molecule has 125 heavy (non-hydrogen) atoms. The van der Waals surface area contributed by atoms with Crippen molar-refractivity contribution in [2.75, 3.05) is 45.2 Å². The summed E-state index contributed by atoms with van der Waals surface area (Å²) >= 11 is 14.3. The molecule has 6 aromatic rings. The fourth-order valence-electron chi connectivity index (χ4n) is 15.4. The lowest BCUT2D eigenvalue weighted by Crippen LogP contribution is -2.65. The standard InChI is InChI=1S/C81H93Cl2F3N12O27/c1-33(2)22-47(88-5)71(109)95-62-64(104)36-7-14-51(45(82)24-36)120-53-26-38-27-54(68(53)124-78-69(67(107)66(106)55(32-99)122-78)123-57-31-80(4,70(108)34(3)119-57)89-18-21-118-41-16-19-98(20-17-41)79(116)90-39-9-11-42(12-10-39)125-81(84,85)86)121-52-15-8-37(25-46(52)83)65(105)63-76(114)94-61(77(115)97-117)44-28-40(100)29-50(102)58(44)43-23-35(6-13-49(43)101)59(73(111)96-63)93-74(112)60(38)92-72(110)48(30-56(87)103)91-75(62)113/h6-15,23-29,33-34,41,47-48,55,57,59-67,69-70,78,88-89,99-102,104-108,117H,16-22,30-32H2,1-5H3,(H2,87,103)(H,90,116)(H,91,113)(H,92,110)(H,93,112)(H,94,114)(H,95,109)(H,96,111)(H,97,115)/t34?,47?,48?,55?,57?,59?,60?,61-,62?,63?,64?,65?,66?,67?,69?,70?,78?,80-/m1/s1. The van der Waals surface area contributed by atoms with Gasteiger partial charge in [-0.05, 0) is 153 Å². The molecule has 8 aliphatic heterocycles. The van der Waals surface area contributed by atoms with Crippen LogP contribution in [-0.4, -0.2) is 241 Å². The first-order chi connectivity index (χ1) is 59.2. The Morgan fingerprint density at radius 3 is 1.95 bits per heavy atom. The summed E-state index contributed by atoms with van der Waals surface area (Å²) in [5.74, 6) is -16.5. The minimum atomic E-state index is -4.91. The van der Waals surface area contributed by atoms with Crippen LogP contribution in [0, 0.1) is 5.92 Å². The maximum atomic E-state index is 16.3. The quantitative estimate of drug-likeness (QED) is 0.0297. The molecule has 8 heterocycles. The number of primary amides is 1. The maximum Gasteiger partial charge on any atom is 0.573 e. The number of carbonyl (C=O) groups excluding carboxylic acids is 9. The summed E-state index contributed by atoms with van der Waals surface area (Å²) in [4.78, 5) is 133. The van der Waals surface area contributed by atoms with Crippen molar-refractivity contribution >= 4 is 82.2 Å². The number of rotatable bonds is 20. The van der Waals surface area contributed by atoms with E-state index in [1.165, 1.54) is 48.6 Å². The molecule has 16 unspecified atom stereocenters. The third kappa shape index (κ3) is 21.5. The summed E-state index contributed by atoms with van der Waals surface area (Å²) < 4.78 is 87.7. The van der Waals surface area contributed by atoms with Gasteiger partial charge in [-0.1, -0.05) is 55.2 Å². The lowest BCUT2D eigenvalue weighted by molar-refractivity contribution is -0.334. The van der Waals surface area contributed by atoms with Gasteiger partial charge in [-0.25, -0.2) is 10.3 Å². The number of phenolic OH excluding ortho intramolecular Hbond substituents is 3. The number of benzene rings is 6. The smallest absolute Gasteiger partial charge is 0.508 e. The summed E-state index contributed by atoms with van der Waals surface area (Å²) in [5, 5.41) is 139. The summed E-state index contributed by atoms with van der Waals surface area (Å²) in [6.07, 6.45) is -23.8. The summed E-state index contributed by atoms with van der Waals surface area (Å²) in [5.41, 5.74) is 3.10. The number of hydroxylamine groups is 1. The average molecular weight is 1790 g/mol. The van der Waals surface area contributed by atoms with Crippen LogP contribution in [0.5, 0.6) is 51.7 Å². The molecule has 22 N–H and O–H groups in total. The molecular formula is C81H93Cl2F3N12O27. The molecule has 39 nitrogen and oxygen atoms in total. The Morgan fingerprint density at radius 1 is 0.720 bits per heavy atom. The summed E-state index contributed by atoms with van der Waals surface area (Å²) in [6, 6.07) is 3.13. The number of halogens is 5. The van der Waals surface area contributed by atoms with Gasteiger partial charge < -0.3 is 142 Å². The minimum absolute atomic E-state index is 0.0553. The fraction of sp³-hybridized carbons (Fsp3) is 0.444. The van der Waals surface area contributed by atoms with E-state index in [4.69, 9.17) is 62.1 Å². The van der Waals surface area contributed by atoms with E-state index < -0.39 is 260 Å². The zero-order valence-corrected chi connectivity index (χ0v) is 68.7. The second kappa shape index (κ2) is 39.1. The lowest BCUT2D eigenvalue weighted by Gasteiger charge is -2.48. The molecule has 3 saturated heterocycles. The van der Waals surface area contributed by atoms with Gasteiger partial charge in [0.2, 0.25) is 53.4 Å². The zero-order chi connectivity index (χ0) is 90.5. The summed E-state index contributed by atoms with van der Waals surface area (Å²) in [6.45, 7) is 6.37. The third-order valence-electron chi connectivity index (χ3n) is 21.9. The predicted molar refractivity (Wildman–Crippen MR) is 428 cm³/mol. The van der Waals surface area contributed by atoms with Gasteiger partial charge in [-0.15, -0.1) is 13.2 Å². The Kier molecular flexibility index (Phi) is 29.1. The second-order valence-corrected chi connectivity index (χ2v) is 32.1. The first-order valence-corrected chi connectivity index (χ1v) is 40.1. The van der Waals surface area contributed by atoms with E-state index in [2.05, 4.69) is 52.6 Å². The predicted octanol–water partition coefficient (Wildman–Crippen LogP) is 2.77. The number of aromatic hydroxyl groups is 3. The first kappa shape index (κ1) is 93.0. The number of carbonyl (C=O) groups is 9. The van der Waals surface area contributed by atoms with Crippen LogP contribution in [0.4, 0.5) is 23.7 Å². The van der Waals surface area contributed by atoms with Crippen molar-refractivity contribution in [3.63, 3.8) is 0 Å². The largest absolute Gasteiger partial charge is 0.573 e. The number of aliphatic hydroxyl groups is 6. The number of hydrogen-bond donors (Lipinski definition) is 21.